The predicted octanol–water partition coefficient (Wildman–Crippen LogP) is 2.59. The first-order chi connectivity index (χ1) is 9.86. The molecule has 0 radical (unpaired) electrons. The zero-order valence-electron chi connectivity index (χ0n) is 11.7. The number of benzene rings is 1. The predicted molar refractivity (Wildman–Crippen MR) is 74.9 cm³/mol. The summed E-state index contributed by atoms with van der Waals surface area (Å²) >= 11 is 0. The number of hydrogen-bond acceptors (Lipinski definition) is 4. The molecule has 0 amide bonds. The van der Waals surface area contributed by atoms with E-state index in [0.29, 0.717) is 6.61 Å². The summed E-state index contributed by atoms with van der Waals surface area (Å²) < 4.78 is 13.1. The maximum atomic E-state index is 5.78. The number of rotatable bonds is 4. The Bertz CT molecular complexity index is 563. The Balaban J connectivity index is 1.67. The average molecular weight is 273 g/mol. The van der Waals surface area contributed by atoms with Gasteiger partial charge in [-0.2, -0.15) is 0 Å². The maximum absolute atomic E-state index is 5.78. The number of ether oxygens (including phenoxy) is 2. The molecule has 106 valence electrons. The molecule has 0 bridgehead atoms. The minimum absolute atomic E-state index is 0.458. The summed E-state index contributed by atoms with van der Waals surface area (Å²) in [5.74, 6) is 3.65. The van der Waals surface area contributed by atoms with Crippen LogP contribution in [0.25, 0.3) is 0 Å². The van der Waals surface area contributed by atoms with Gasteiger partial charge in [-0.25, -0.2) is 0 Å². The van der Waals surface area contributed by atoms with E-state index in [1.807, 2.05) is 24.3 Å². The summed E-state index contributed by atoms with van der Waals surface area (Å²) in [7, 11) is 1.65. The largest absolute Gasteiger partial charge is 0.497 e. The Labute approximate surface area is 118 Å². The molecule has 3 rings (SSSR count). The first-order valence-corrected chi connectivity index (χ1v) is 7.04. The minimum Gasteiger partial charge on any atom is -0.497 e. The fraction of sp³-hybridized carbons (Fsp3) is 0.467. The summed E-state index contributed by atoms with van der Waals surface area (Å²) in [5.41, 5.74) is 0. The van der Waals surface area contributed by atoms with E-state index in [1.54, 1.807) is 7.11 Å². The van der Waals surface area contributed by atoms with Crippen LogP contribution in [0.1, 0.15) is 30.9 Å². The molecule has 0 aliphatic carbocycles. The standard InChI is InChI=1S/C15H19N3O2/c1-19-12-6-8-13(9-7-12)20-11-15-17-16-14-5-3-2-4-10-18(14)15/h6-9H,2-5,10-11H2,1H3. The van der Waals surface area contributed by atoms with E-state index in [4.69, 9.17) is 9.47 Å². The van der Waals surface area contributed by atoms with Crippen LogP contribution in [0.2, 0.25) is 0 Å². The van der Waals surface area contributed by atoms with Crippen molar-refractivity contribution in [3.8, 4) is 11.5 Å². The van der Waals surface area contributed by atoms with E-state index in [9.17, 15) is 0 Å². The van der Waals surface area contributed by atoms with Crippen LogP contribution >= 0.6 is 0 Å². The molecular weight excluding hydrogens is 254 g/mol. The van der Waals surface area contributed by atoms with Crippen LogP contribution in [0.15, 0.2) is 24.3 Å². The Morgan fingerprint density at radius 3 is 2.65 bits per heavy atom. The highest BCUT2D eigenvalue weighted by Gasteiger charge is 2.14. The lowest BCUT2D eigenvalue weighted by Gasteiger charge is -2.09. The van der Waals surface area contributed by atoms with Gasteiger partial charge in [0.2, 0.25) is 0 Å². The molecule has 5 heteroatoms. The lowest BCUT2D eigenvalue weighted by Crippen LogP contribution is -2.08. The van der Waals surface area contributed by atoms with Crippen molar-refractivity contribution in [1.82, 2.24) is 14.8 Å². The van der Waals surface area contributed by atoms with E-state index in [0.717, 1.165) is 36.1 Å². The van der Waals surface area contributed by atoms with E-state index in [1.165, 1.54) is 19.3 Å². The minimum atomic E-state index is 0.458. The van der Waals surface area contributed by atoms with Crippen molar-refractivity contribution in [2.24, 2.45) is 0 Å². The molecule has 2 heterocycles. The number of hydrogen-bond donors (Lipinski definition) is 0. The van der Waals surface area contributed by atoms with Crippen LogP contribution in [0.3, 0.4) is 0 Å². The third-order valence-electron chi connectivity index (χ3n) is 3.61. The zero-order chi connectivity index (χ0) is 13.8. The lowest BCUT2D eigenvalue weighted by atomic mass is 10.2. The van der Waals surface area contributed by atoms with Gasteiger partial charge in [0.15, 0.2) is 5.82 Å². The van der Waals surface area contributed by atoms with Gasteiger partial charge >= 0.3 is 0 Å². The van der Waals surface area contributed by atoms with Crippen LogP contribution in [-0.4, -0.2) is 21.9 Å². The maximum Gasteiger partial charge on any atom is 0.171 e. The number of nitrogens with zero attached hydrogens (tertiary/aromatic N) is 3. The van der Waals surface area contributed by atoms with Crippen molar-refractivity contribution in [3.05, 3.63) is 35.9 Å². The molecule has 0 N–H and O–H groups in total. The Morgan fingerprint density at radius 1 is 1.05 bits per heavy atom. The molecule has 0 saturated heterocycles. The SMILES string of the molecule is COc1ccc(OCc2nnc3n2CCCCC3)cc1. The summed E-state index contributed by atoms with van der Waals surface area (Å²) in [6, 6.07) is 7.58. The molecule has 1 aliphatic heterocycles. The Hall–Kier alpha value is -2.04. The molecule has 2 aromatic rings. The molecule has 1 aliphatic rings. The number of aryl methyl sites for hydroxylation is 1. The van der Waals surface area contributed by atoms with Crippen LogP contribution in [-0.2, 0) is 19.6 Å². The quantitative estimate of drug-likeness (QED) is 0.859. The van der Waals surface area contributed by atoms with Gasteiger partial charge in [0.05, 0.1) is 7.11 Å². The Morgan fingerprint density at radius 2 is 1.85 bits per heavy atom. The third-order valence-corrected chi connectivity index (χ3v) is 3.61. The van der Waals surface area contributed by atoms with Crippen LogP contribution in [0.4, 0.5) is 0 Å². The number of methoxy groups -OCH3 is 1. The molecule has 0 fully saturated rings. The normalized spacial score (nSPS) is 14.4. The van der Waals surface area contributed by atoms with Crippen molar-refractivity contribution in [1.29, 1.82) is 0 Å². The Kier molecular flexibility index (Phi) is 3.85. The van der Waals surface area contributed by atoms with Crippen LogP contribution in [0.5, 0.6) is 11.5 Å². The molecule has 0 unspecified atom stereocenters. The summed E-state index contributed by atoms with van der Waals surface area (Å²) in [6.07, 6.45) is 4.69. The van der Waals surface area contributed by atoms with E-state index >= 15 is 0 Å². The molecule has 0 saturated carbocycles. The lowest BCUT2D eigenvalue weighted by molar-refractivity contribution is 0.287. The van der Waals surface area contributed by atoms with Gasteiger partial charge in [-0.1, -0.05) is 6.42 Å². The molecule has 0 spiro atoms. The van der Waals surface area contributed by atoms with E-state index in [-0.39, 0.29) is 0 Å². The van der Waals surface area contributed by atoms with Gasteiger partial charge < -0.3 is 14.0 Å². The highest BCUT2D eigenvalue weighted by atomic mass is 16.5. The third kappa shape index (κ3) is 2.76. The van der Waals surface area contributed by atoms with Gasteiger partial charge in [0.25, 0.3) is 0 Å². The molecular formula is C15H19N3O2. The monoisotopic (exact) mass is 273 g/mol. The highest BCUT2D eigenvalue weighted by Crippen LogP contribution is 2.19. The highest BCUT2D eigenvalue weighted by molar-refractivity contribution is 5.31. The summed E-state index contributed by atoms with van der Waals surface area (Å²) in [5, 5.41) is 8.52. The van der Waals surface area contributed by atoms with Crippen molar-refractivity contribution < 1.29 is 9.47 Å². The van der Waals surface area contributed by atoms with Gasteiger partial charge in [-0.15, -0.1) is 10.2 Å². The van der Waals surface area contributed by atoms with Gasteiger partial charge in [0.1, 0.15) is 23.9 Å². The zero-order valence-corrected chi connectivity index (χ0v) is 11.7. The fourth-order valence-corrected chi connectivity index (χ4v) is 2.47. The van der Waals surface area contributed by atoms with Gasteiger partial charge in [-0.05, 0) is 37.1 Å². The summed E-state index contributed by atoms with van der Waals surface area (Å²) in [6.45, 7) is 1.46. The van der Waals surface area contributed by atoms with E-state index < -0.39 is 0 Å². The fourth-order valence-electron chi connectivity index (χ4n) is 2.47. The van der Waals surface area contributed by atoms with Crippen molar-refractivity contribution in [2.45, 2.75) is 38.8 Å². The second-order valence-corrected chi connectivity index (χ2v) is 4.96. The molecule has 1 aromatic carbocycles. The smallest absolute Gasteiger partial charge is 0.171 e. The topological polar surface area (TPSA) is 49.2 Å². The summed E-state index contributed by atoms with van der Waals surface area (Å²) in [4.78, 5) is 0. The van der Waals surface area contributed by atoms with Crippen molar-refractivity contribution >= 4 is 0 Å². The molecule has 0 atom stereocenters. The van der Waals surface area contributed by atoms with Crippen molar-refractivity contribution in [3.63, 3.8) is 0 Å². The second kappa shape index (κ2) is 5.94. The van der Waals surface area contributed by atoms with Gasteiger partial charge in [-0.3, -0.25) is 0 Å². The van der Waals surface area contributed by atoms with Gasteiger partial charge in [0, 0.05) is 13.0 Å². The number of fused-ring (bicyclic) bond motifs is 1. The first kappa shape index (κ1) is 13.0. The average Bonchev–Trinajstić information content (AvgIpc) is 2.72. The van der Waals surface area contributed by atoms with Crippen LogP contribution in [0, 0.1) is 0 Å². The molecule has 1 aromatic heterocycles. The second-order valence-electron chi connectivity index (χ2n) is 4.96. The first-order valence-electron chi connectivity index (χ1n) is 7.04. The van der Waals surface area contributed by atoms with Crippen molar-refractivity contribution in [2.75, 3.05) is 7.11 Å². The molecule has 20 heavy (non-hydrogen) atoms. The van der Waals surface area contributed by atoms with E-state index in [2.05, 4.69) is 14.8 Å². The van der Waals surface area contributed by atoms with Crippen LogP contribution < -0.4 is 9.47 Å². The molecule has 5 nitrogen and oxygen atoms in total. The number of aromatic nitrogens is 3.